The molecule has 2 aromatic rings. The number of Topliss-reactive ketones (excluding diaryl/α,β-unsaturated/α-hetero) is 1. The maximum Gasteiger partial charge on any atom is 0.341 e. The SMILES string of the molecule is COC(=O)c1cccc(NC(=O)CCC(=O)c2ccc(OC)cc2)c1O. The van der Waals surface area contributed by atoms with Crippen molar-refractivity contribution < 1.29 is 29.0 Å². The van der Waals surface area contributed by atoms with Crippen molar-refractivity contribution in [3.8, 4) is 11.5 Å². The molecular formula is C19H19NO6. The normalized spacial score (nSPS) is 10.1. The van der Waals surface area contributed by atoms with Crippen LogP contribution in [0.3, 0.4) is 0 Å². The summed E-state index contributed by atoms with van der Waals surface area (Å²) >= 11 is 0. The number of hydrogen-bond donors (Lipinski definition) is 2. The first-order valence-electron chi connectivity index (χ1n) is 7.83. The van der Waals surface area contributed by atoms with Gasteiger partial charge in [-0.1, -0.05) is 6.07 Å². The van der Waals surface area contributed by atoms with Gasteiger partial charge in [0.05, 0.1) is 19.9 Å². The van der Waals surface area contributed by atoms with Crippen LogP contribution >= 0.6 is 0 Å². The largest absolute Gasteiger partial charge is 0.505 e. The number of para-hydroxylation sites is 1. The molecule has 0 saturated heterocycles. The lowest BCUT2D eigenvalue weighted by Crippen LogP contribution is -2.14. The fourth-order valence-electron chi connectivity index (χ4n) is 2.28. The zero-order chi connectivity index (χ0) is 19.1. The van der Waals surface area contributed by atoms with Crippen LogP contribution in [0.15, 0.2) is 42.5 Å². The minimum Gasteiger partial charge on any atom is -0.505 e. The first-order valence-corrected chi connectivity index (χ1v) is 7.83. The van der Waals surface area contributed by atoms with Crippen LogP contribution in [-0.4, -0.2) is 37.0 Å². The van der Waals surface area contributed by atoms with Crippen molar-refractivity contribution in [2.24, 2.45) is 0 Å². The van der Waals surface area contributed by atoms with Gasteiger partial charge >= 0.3 is 5.97 Å². The van der Waals surface area contributed by atoms with Crippen LogP contribution in [0.25, 0.3) is 0 Å². The molecule has 0 spiro atoms. The van der Waals surface area contributed by atoms with Gasteiger partial charge in [-0.05, 0) is 36.4 Å². The predicted molar refractivity (Wildman–Crippen MR) is 94.6 cm³/mol. The average molecular weight is 357 g/mol. The highest BCUT2D eigenvalue weighted by Gasteiger charge is 2.16. The number of benzene rings is 2. The van der Waals surface area contributed by atoms with E-state index in [2.05, 4.69) is 10.1 Å². The predicted octanol–water partition coefficient (Wildman–Crippen LogP) is 2.79. The summed E-state index contributed by atoms with van der Waals surface area (Å²) in [6.45, 7) is 0. The van der Waals surface area contributed by atoms with E-state index >= 15 is 0 Å². The molecule has 0 aliphatic rings. The van der Waals surface area contributed by atoms with E-state index in [1.807, 2.05) is 0 Å². The van der Waals surface area contributed by atoms with Crippen molar-refractivity contribution in [1.82, 2.24) is 0 Å². The molecule has 0 bridgehead atoms. The molecule has 0 aliphatic heterocycles. The van der Waals surface area contributed by atoms with Gasteiger partial charge in [-0.3, -0.25) is 9.59 Å². The molecular weight excluding hydrogens is 338 g/mol. The van der Waals surface area contributed by atoms with Crippen LogP contribution in [0, 0.1) is 0 Å². The van der Waals surface area contributed by atoms with Crippen molar-refractivity contribution in [3.05, 3.63) is 53.6 Å². The Morgan fingerprint density at radius 1 is 1.00 bits per heavy atom. The Morgan fingerprint density at radius 3 is 2.31 bits per heavy atom. The Balaban J connectivity index is 1.96. The summed E-state index contributed by atoms with van der Waals surface area (Å²) in [5, 5.41) is 12.5. The number of carbonyl (C=O) groups excluding carboxylic acids is 3. The minimum absolute atomic E-state index is 0.00954. The highest BCUT2D eigenvalue weighted by Crippen LogP contribution is 2.28. The van der Waals surface area contributed by atoms with Gasteiger partial charge in [-0.15, -0.1) is 0 Å². The number of carbonyl (C=O) groups is 3. The molecule has 7 nitrogen and oxygen atoms in total. The number of ketones is 1. The van der Waals surface area contributed by atoms with E-state index in [1.165, 1.54) is 32.4 Å². The van der Waals surface area contributed by atoms with Gasteiger partial charge in [0.1, 0.15) is 11.3 Å². The molecule has 2 N–H and O–H groups in total. The molecule has 0 radical (unpaired) electrons. The number of phenolic OH excluding ortho intramolecular Hbond substituents is 1. The van der Waals surface area contributed by atoms with Crippen LogP contribution in [0.4, 0.5) is 5.69 Å². The second-order valence-electron chi connectivity index (χ2n) is 5.39. The molecule has 1 amide bonds. The Bertz CT molecular complexity index is 813. The maximum atomic E-state index is 12.1. The topological polar surface area (TPSA) is 102 Å². The number of aromatic hydroxyl groups is 1. The lowest BCUT2D eigenvalue weighted by molar-refractivity contribution is -0.116. The summed E-state index contributed by atoms with van der Waals surface area (Å²) in [5.74, 6) is -1.10. The number of ether oxygens (including phenoxy) is 2. The number of methoxy groups -OCH3 is 2. The third-order valence-corrected chi connectivity index (χ3v) is 3.71. The van der Waals surface area contributed by atoms with Gasteiger partial charge < -0.3 is 19.9 Å². The van der Waals surface area contributed by atoms with Crippen LogP contribution in [0.2, 0.25) is 0 Å². The summed E-state index contributed by atoms with van der Waals surface area (Å²) in [5.41, 5.74) is 0.503. The van der Waals surface area contributed by atoms with E-state index in [9.17, 15) is 19.5 Å². The van der Waals surface area contributed by atoms with E-state index in [4.69, 9.17) is 4.74 Å². The number of anilines is 1. The maximum absolute atomic E-state index is 12.1. The summed E-state index contributed by atoms with van der Waals surface area (Å²) in [6, 6.07) is 10.9. The summed E-state index contributed by atoms with van der Waals surface area (Å²) < 4.78 is 9.58. The van der Waals surface area contributed by atoms with Gasteiger partial charge in [-0.25, -0.2) is 4.79 Å². The molecule has 0 aliphatic carbocycles. The highest BCUT2D eigenvalue weighted by molar-refractivity contribution is 6.01. The molecule has 7 heteroatoms. The number of nitrogens with one attached hydrogen (secondary N) is 1. The van der Waals surface area contributed by atoms with E-state index in [-0.39, 0.29) is 35.6 Å². The van der Waals surface area contributed by atoms with Crippen LogP contribution in [0.1, 0.15) is 33.6 Å². The standard InChI is InChI=1S/C19H19NO6/c1-25-13-8-6-12(7-9-13)16(21)10-11-17(22)20-15-5-3-4-14(18(15)23)19(24)26-2/h3-9,23H,10-11H2,1-2H3,(H,20,22). The van der Waals surface area contributed by atoms with Gasteiger partial charge in [-0.2, -0.15) is 0 Å². The molecule has 0 saturated carbocycles. The van der Waals surface area contributed by atoms with E-state index in [1.54, 1.807) is 24.3 Å². The second kappa shape index (κ2) is 8.66. The smallest absolute Gasteiger partial charge is 0.341 e. The molecule has 136 valence electrons. The van der Waals surface area contributed by atoms with Gasteiger partial charge in [0.15, 0.2) is 11.5 Å². The van der Waals surface area contributed by atoms with Crippen LogP contribution in [-0.2, 0) is 9.53 Å². The molecule has 2 aromatic carbocycles. The Hall–Kier alpha value is -3.35. The summed E-state index contributed by atoms with van der Waals surface area (Å²) in [4.78, 5) is 35.7. The number of phenols is 1. The fourth-order valence-corrected chi connectivity index (χ4v) is 2.28. The summed E-state index contributed by atoms with van der Waals surface area (Å²) in [7, 11) is 2.73. The number of amides is 1. The Labute approximate surface area is 150 Å². The monoisotopic (exact) mass is 357 g/mol. The molecule has 0 atom stereocenters. The molecule has 0 fully saturated rings. The van der Waals surface area contributed by atoms with Gasteiger partial charge in [0.25, 0.3) is 0 Å². The van der Waals surface area contributed by atoms with E-state index < -0.39 is 11.9 Å². The third kappa shape index (κ3) is 4.60. The Kier molecular flexibility index (Phi) is 6.32. The zero-order valence-electron chi connectivity index (χ0n) is 14.4. The lowest BCUT2D eigenvalue weighted by atomic mass is 10.1. The quantitative estimate of drug-likeness (QED) is 0.449. The molecule has 26 heavy (non-hydrogen) atoms. The number of esters is 1. The van der Waals surface area contributed by atoms with Crippen LogP contribution in [0.5, 0.6) is 11.5 Å². The number of hydrogen-bond acceptors (Lipinski definition) is 6. The van der Waals surface area contributed by atoms with Crippen LogP contribution < -0.4 is 10.1 Å². The van der Waals surface area contributed by atoms with E-state index in [0.717, 1.165) is 0 Å². The Morgan fingerprint density at radius 2 is 1.69 bits per heavy atom. The first kappa shape index (κ1) is 19.0. The second-order valence-corrected chi connectivity index (χ2v) is 5.39. The lowest BCUT2D eigenvalue weighted by Gasteiger charge is -2.10. The summed E-state index contributed by atoms with van der Waals surface area (Å²) in [6.07, 6.45) is -0.0532. The van der Waals surface area contributed by atoms with E-state index in [0.29, 0.717) is 11.3 Å². The molecule has 2 rings (SSSR count). The molecule has 0 aromatic heterocycles. The highest BCUT2D eigenvalue weighted by atomic mass is 16.5. The number of rotatable bonds is 7. The van der Waals surface area contributed by atoms with Gasteiger partial charge in [0, 0.05) is 18.4 Å². The minimum atomic E-state index is -0.715. The zero-order valence-corrected chi connectivity index (χ0v) is 14.4. The molecule has 0 unspecified atom stereocenters. The van der Waals surface area contributed by atoms with Crippen molar-refractivity contribution in [3.63, 3.8) is 0 Å². The van der Waals surface area contributed by atoms with Crippen molar-refractivity contribution in [2.45, 2.75) is 12.8 Å². The average Bonchev–Trinajstić information content (AvgIpc) is 2.67. The third-order valence-electron chi connectivity index (χ3n) is 3.71. The van der Waals surface area contributed by atoms with Gasteiger partial charge in [0.2, 0.25) is 5.91 Å². The van der Waals surface area contributed by atoms with Crippen molar-refractivity contribution >= 4 is 23.3 Å². The van der Waals surface area contributed by atoms with Crippen molar-refractivity contribution in [1.29, 1.82) is 0 Å². The molecule has 0 heterocycles. The first-order chi connectivity index (χ1) is 12.5. The van der Waals surface area contributed by atoms with Crippen molar-refractivity contribution in [2.75, 3.05) is 19.5 Å². The fraction of sp³-hybridized carbons (Fsp3) is 0.211.